The number of fused-ring (bicyclic) bond motifs is 1. The minimum absolute atomic E-state index is 0.144. The van der Waals surface area contributed by atoms with E-state index in [-0.39, 0.29) is 36.0 Å². The Balaban J connectivity index is 1.57. The van der Waals surface area contributed by atoms with Gasteiger partial charge in [-0.25, -0.2) is 0 Å². The molecule has 0 saturated heterocycles. The first-order valence-electron chi connectivity index (χ1n) is 9.71. The Morgan fingerprint density at radius 2 is 2.14 bits per heavy atom. The number of aromatic nitrogens is 1. The largest absolute Gasteiger partial charge is 0.461 e. The zero-order valence-electron chi connectivity index (χ0n) is 16.1. The lowest BCUT2D eigenvalue weighted by atomic mass is 9.87. The average molecular weight is 410 g/mol. The van der Waals surface area contributed by atoms with Crippen molar-refractivity contribution in [3.05, 3.63) is 74.9 Å². The van der Waals surface area contributed by atoms with Crippen molar-refractivity contribution in [2.45, 2.75) is 39.2 Å². The molecule has 7 heteroatoms. The second-order valence-corrected chi connectivity index (χ2v) is 8.50. The number of anilines is 1. The van der Waals surface area contributed by atoms with Crippen molar-refractivity contribution in [1.29, 1.82) is 0 Å². The summed E-state index contributed by atoms with van der Waals surface area (Å²) in [5.41, 5.74) is 1.44. The molecular weight excluding hydrogens is 388 g/mol. The number of carbonyl (C=O) groups is 2. The Kier molecular flexibility index (Phi) is 5.49. The second-order valence-electron chi connectivity index (χ2n) is 7.39. The first kappa shape index (κ1) is 19.4. The maximum absolute atomic E-state index is 13.1. The maximum Gasteiger partial charge on any atom is 0.250 e. The van der Waals surface area contributed by atoms with Crippen LogP contribution in [0, 0.1) is 5.92 Å². The van der Waals surface area contributed by atoms with Crippen LogP contribution in [0.2, 0.25) is 0 Å². The number of nitrogens with one attached hydrogen (secondary N) is 1. The molecule has 0 aliphatic heterocycles. The fraction of sp³-hybridized carbons (Fsp3) is 0.318. The lowest BCUT2D eigenvalue weighted by molar-refractivity contribution is -0.116. The molecule has 0 saturated carbocycles. The van der Waals surface area contributed by atoms with Gasteiger partial charge in [0.1, 0.15) is 5.00 Å². The van der Waals surface area contributed by atoms with Crippen LogP contribution in [0.4, 0.5) is 5.00 Å². The molecule has 1 atom stereocenters. The molecule has 0 bridgehead atoms. The van der Waals surface area contributed by atoms with E-state index in [1.165, 1.54) is 28.2 Å². The molecule has 150 valence electrons. The summed E-state index contributed by atoms with van der Waals surface area (Å²) in [5.74, 6) is 0.411. The third-order valence-electron chi connectivity index (χ3n) is 5.22. The molecular formula is C22H22N2O4S. The van der Waals surface area contributed by atoms with Gasteiger partial charge in [-0.05, 0) is 48.9 Å². The van der Waals surface area contributed by atoms with Gasteiger partial charge in [-0.1, -0.05) is 13.0 Å². The first-order valence-corrected chi connectivity index (χ1v) is 10.5. The van der Waals surface area contributed by atoms with E-state index >= 15 is 0 Å². The van der Waals surface area contributed by atoms with E-state index in [9.17, 15) is 14.4 Å². The smallest absolute Gasteiger partial charge is 0.250 e. The summed E-state index contributed by atoms with van der Waals surface area (Å²) >= 11 is 1.48. The van der Waals surface area contributed by atoms with Crippen LogP contribution >= 0.6 is 11.3 Å². The molecule has 1 aliphatic carbocycles. The maximum atomic E-state index is 13.1. The number of thiophene rings is 1. The van der Waals surface area contributed by atoms with E-state index in [4.69, 9.17) is 4.42 Å². The molecule has 3 aromatic rings. The highest BCUT2D eigenvalue weighted by atomic mass is 32.1. The van der Waals surface area contributed by atoms with E-state index in [0.29, 0.717) is 16.5 Å². The number of hydrogen-bond donors (Lipinski definition) is 1. The predicted molar refractivity (Wildman–Crippen MR) is 112 cm³/mol. The topological polar surface area (TPSA) is 81.3 Å². The number of rotatable bonds is 6. The van der Waals surface area contributed by atoms with Crippen molar-refractivity contribution < 1.29 is 14.0 Å². The summed E-state index contributed by atoms with van der Waals surface area (Å²) in [7, 11) is 0. The summed E-state index contributed by atoms with van der Waals surface area (Å²) in [6, 6.07) is 8.22. The lowest BCUT2D eigenvalue weighted by Gasteiger charge is -2.18. The van der Waals surface area contributed by atoms with Gasteiger partial charge in [0.15, 0.2) is 5.76 Å². The molecule has 6 nitrogen and oxygen atoms in total. The highest BCUT2D eigenvalue weighted by Gasteiger charge is 2.29. The minimum atomic E-state index is -0.221. The van der Waals surface area contributed by atoms with E-state index in [1.807, 2.05) is 0 Å². The molecule has 3 aromatic heterocycles. The number of amides is 1. The fourth-order valence-corrected chi connectivity index (χ4v) is 5.09. The van der Waals surface area contributed by atoms with Gasteiger partial charge < -0.3 is 14.3 Å². The summed E-state index contributed by atoms with van der Waals surface area (Å²) in [6.07, 6.45) is 6.04. The predicted octanol–water partition coefficient (Wildman–Crippen LogP) is 3.89. The zero-order valence-corrected chi connectivity index (χ0v) is 17.0. The average Bonchev–Trinajstić information content (AvgIpc) is 3.34. The third kappa shape index (κ3) is 4.10. The van der Waals surface area contributed by atoms with Crippen LogP contribution in [0.5, 0.6) is 0 Å². The van der Waals surface area contributed by atoms with Gasteiger partial charge in [0.25, 0.3) is 5.56 Å². The number of furan rings is 1. The Morgan fingerprint density at radius 3 is 2.90 bits per heavy atom. The summed E-state index contributed by atoms with van der Waals surface area (Å²) < 4.78 is 6.81. The number of nitrogens with zero attached hydrogens (tertiary/aromatic N) is 1. The van der Waals surface area contributed by atoms with Crippen LogP contribution < -0.4 is 10.9 Å². The Labute approximate surface area is 172 Å². The Morgan fingerprint density at radius 1 is 1.28 bits per heavy atom. The van der Waals surface area contributed by atoms with E-state index < -0.39 is 0 Å². The normalized spacial score (nSPS) is 15.7. The van der Waals surface area contributed by atoms with E-state index in [0.717, 1.165) is 29.7 Å². The highest BCUT2D eigenvalue weighted by molar-refractivity contribution is 7.17. The standard InChI is InChI=1S/C22H22N2O4S/c1-14-7-8-15-17(13-14)29-22(20(15)21(27)16-5-4-12-28-16)23-18(25)9-11-24-10-3-2-6-19(24)26/h2-6,10,12,14H,7-9,11,13H2,1H3,(H,23,25). The molecule has 1 unspecified atom stereocenters. The Bertz CT molecular complexity index is 1090. The van der Waals surface area contributed by atoms with Crippen molar-refractivity contribution in [3.8, 4) is 0 Å². The molecule has 0 spiro atoms. The number of aryl methyl sites for hydroxylation is 1. The molecule has 0 aromatic carbocycles. The van der Waals surface area contributed by atoms with Gasteiger partial charge in [0.2, 0.25) is 11.7 Å². The molecule has 0 radical (unpaired) electrons. The summed E-state index contributed by atoms with van der Waals surface area (Å²) in [4.78, 5) is 38.6. The third-order valence-corrected chi connectivity index (χ3v) is 6.39. The van der Waals surface area contributed by atoms with Crippen molar-refractivity contribution in [3.63, 3.8) is 0 Å². The van der Waals surface area contributed by atoms with Crippen molar-refractivity contribution >= 4 is 28.0 Å². The summed E-state index contributed by atoms with van der Waals surface area (Å²) in [5, 5.41) is 3.50. The Hall–Kier alpha value is -2.93. The van der Waals surface area contributed by atoms with Crippen LogP contribution in [-0.2, 0) is 24.2 Å². The fourth-order valence-electron chi connectivity index (χ4n) is 3.67. The van der Waals surface area contributed by atoms with E-state index in [2.05, 4.69) is 12.2 Å². The lowest BCUT2D eigenvalue weighted by Crippen LogP contribution is -2.22. The van der Waals surface area contributed by atoms with Gasteiger partial charge in [-0.2, -0.15) is 0 Å². The molecule has 1 amide bonds. The van der Waals surface area contributed by atoms with Crippen LogP contribution in [-0.4, -0.2) is 16.3 Å². The van der Waals surface area contributed by atoms with Gasteiger partial charge in [-0.15, -0.1) is 11.3 Å². The molecule has 4 rings (SSSR count). The number of pyridine rings is 1. The molecule has 1 N–H and O–H groups in total. The van der Waals surface area contributed by atoms with Crippen LogP contribution in [0.1, 0.15) is 46.3 Å². The SMILES string of the molecule is CC1CCc2c(sc(NC(=O)CCn3ccccc3=O)c2C(=O)c2ccco2)C1. The summed E-state index contributed by atoms with van der Waals surface area (Å²) in [6.45, 7) is 2.49. The van der Waals surface area contributed by atoms with Gasteiger partial charge in [0.05, 0.1) is 11.8 Å². The second kappa shape index (κ2) is 8.21. The number of hydrogen-bond acceptors (Lipinski definition) is 5. The number of ketones is 1. The highest BCUT2D eigenvalue weighted by Crippen LogP contribution is 2.40. The first-order chi connectivity index (χ1) is 14.0. The molecule has 3 heterocycles. The molecule has 1 aliphatic rings. The van der Waals surface area contributed by atoms with Gasteiger partial charge in [0, 0.05) is 30.1 Å². The number of carbonyl (C=O) groups excluding carboxylic acids is 2. The minimum Gasteiger partial charge on any atom is -0.461 e. The van der Waals surface area contributed by atoms with Gasteiger partial charge in [-0.3, -0.25) is 14.4 Å². The van der Waals surface area contributed by atoms with Crippen molar-refractivity contribution in [2.75, 3.05) is 5.32 Å². The quantitative estimate of drug-likeness (QED) is 0.625. The molecule has 29 heavy (non-hydrogen) atoms. The van der Waals surface area contributed by atoms with Crippen LogP contribution in [0.25, 0.3) is 0 Å². The monoisotopic (exact) mass is 410 g/mol. The van der Waals surface area contributed by atoms with E-state index in [1.54, 1.807) is 30.5 Å². The molecule has 0 fully saturated rings. The van der Waals surface area contributed by atoms with Crippen molar-refractivity contribution in [1.82, 2.24) is 4.57 Å². The van der Waals surface area contributed by atoms with Crippen LogP contribution in [0.15, 0.2) is 52.0 Å². The van der Waals surface area contributed by atoms with Crippen molar-refractivity contribution in [2.24, 2.45) is 5.92 Å². The zero-order chi connectivity index (χ0) is 20.4. The van der Waals surface area contributed by atoms with Gasteiger partial charge >= 0.3 is 0 Å². The van der Waals surface area contributed by atoms with Crippen LogP contribution in [0.3, 0.4) is 0 Å².